The molecule has 11 nitrogen and oxygen atoms in total. The molecule has 1 heterocycles. The quantitative estimate of drug-likeness (QED) is 0.306. The number of sulfonamides is 1. The Morgan fingerprint density at radius 1 is 0.897 bits per heavy atom. The van der Waals surface area contributed by atoms with Gasteiger partial charge >= 0.3 is 4.87 Å². The summed E-state index contributed by atoms with van der Waals surface area (Å²) < 4.78 is 52.4. The lowest BCUT2D eigenvalue weighted by Gasteiger charge is -2.26. The molecule has 1 amide bonds. The highest BCUT2D eigenvalue weighted by atomic mass is 32.2. The molecule has 0 spiro atoms. The minimum absolute atomic E-state index is 0.0958. The summed E-state index contributed by atoms with van der Waals surface area (Å²) in [5.74, 6) is 0.506. The van der Waals surface area contributed by atoms with Crippen LogP contribution < -0.4 is 33.4 Å². The van der Waals surface area contributed by atoms with Gasteiger partial charge < -0.3 is 28.8 Å². The number of carbonyl (C=O) groups excluding carboxylic acids is 1. The Hall–Kier alpha value is -4.23. The summed E-state index contributed by atoms with van der Waals surface area (Å²) in [7, 11) is 3.00. The van der Waals surface area contributed by atoms with E-state index >= 15 is 0 Å². The first-order valence-corrected chi connectivity index (χ1v) is 13.7. The van der Waals surface area contributed by atoms with E-state index < -0.39 is 22.5 Å². The fourth-order valence-electron chi connectivity index (χ4n) is 3.94. The SMILES string of the molecule is COc1ccc(OC)c(N(CC(=O)Nc2ccc3c(c2)sc(=O)n3C)S(=O)(=O)c2ccc(OC)c(OC)c2)c1. The van der Waals surface area contributed by atoms with Crippen LogP contribution in [0.3, 0.4) is 0 Å². The van der Waals surface area contributed by atoms with Crippen molar-refractivity contribution in [2.75, 3.05) is 44.6 Å². The molecule has 0 aliphatic heterocycles. The van der Waals surface area contributed by atoms with Gasteiger partial charge in [-0.25, -0.2) is 8.42 Å². The van der Waals surface area contributed by atoms with E-state index in [4.69, 9.17) is 18.9 Å². The van der Waals surface area contributed by atoms with Crippen molar-refractivity contribution in [3.8, 4) is 23.0 Å². The van der Waals surface area contributed by atoms with Crippen LogP contribution in [0.25, 0.3) is 10.2 Å². The number of aromatic nitrogens is 1. The maximum Gasteiger partial charge on any atom is 0.307 e. The van der Waals surface area contributed by atoms with E-state index in [1.165, 1.54) is 57.3 Å². The van der Waals surface area contributed by atoms with E-state index in [2.05, 4.69) is 5.32 Å². The van der Waals surface area contributed by atoms with Crippen molar-refractivity contribution in [1.82, 2.24) is 4.57 Å². The summed E-state index contributed by atoms with van der Waals surface area (Å²) in [4.78, 5) is 25.0. The second-order valence-electron chi connectivity index (χ2n) is 8.22. The second-order valence-corrected chi connectivity index (χ2v) is 11.1. The molecule has 0 aliphatic carbocycles. The number of hydrogen-bond donors (Lipinski definition) is 1. The number of ether oxygens (including phenoxy) is 4. The van der Waals surface area contributed by atoms with Crippen LogP contribution in [-0.4, -0.2) is 53.9 Å². The smallest absolute Gasteiger partial charge is 0.307 e. The molecule has 206 valence electrons. The molecule has 1 N–H and O–H groups in total. The molecule has 0 atom stereocenters. The first-order valence-electron chi connectivity index (χ1n) is 11.5. The number of fused-ring (bicyclic) bond motifs is 1. The van der Waals surface area contributed by atoms with E-state index in [0.717, 1.165) is 21.2 Å². The number of hydrogen-bond acceptors (Lipinski definition) is 9. The van der Waals surface area contributed by atoms with Crippen LogP contribution in [0.1, 0.15) is 0 Å². The molecule has 0 fully saturated rings. The van der Waals surface area contributed by atoms with Crippen molar-refractivity contribution < 1.29 is 32.2 Å². The Bertz CT molecular complexity index is 1700. The van der Waals surface area contributed by atoms with E-state index in [1.807, 2.05) is 0 Å². The lowest BCUT2D eigenvalue weighted by molar-refractivity contribution is -0.114. The van der Waals surface area contributed by atoms with Gasteiger partial charge in [-0.2, -0.15) is 0 Å². The summed E-state index contributed by atoms with van der Waals surface area (Å²) >= 11 is 1.05. The molecular formula is C26H27N3O8S2. The minimum atomic E-state index is -4.33. The predicted octanol–water partition coefficient (Wildman–Crippen LogP) is 3.47. The Kier molecular flexibility index (Phi) is 8.02. The van der Waals surface area contributed by atoms with Crippen LogP contribution in [0.15, 0.2) is 64.3 Å². The molecule has 0 saturated carbocycles. The Labute approximate surface area is 229 Å². The molecular weight excluding hydrogens is 546 g/mol. The molecule has 0 unspecified atom stereocenters. The van der Waals surface area contributed by atoms with Gasteiger partial charge in [0.1, 0.15) is 18.0 Å². The van der Waals surface area contributed by atoms with Gasteiger partial charge in [-0.3, -0.25) is 13.9 Å². The third-order valence-corrected chi connectivity index (χ3v) is 8.71. The molecule has 3 aromatic carbocycles. The molecule has 39 heavy (non-hydrogen) atoms. The number of nitrogens with one attached hydrogen (secondary N) is 1. The van der Waals surface area contributed by atoms with Gasteiger partial charge in [0, 0.05) is 24.9 Å². The maximum absolute atomic E-state index is 14.0. The molecule has 0 bridgehead atoms. The van der Waals surface area contributed by atoms with Gasteiger partial charge in [-0.05, 0) is 42.5 Å². The maximum atomic E-state index is 14.0. The monoisotopic (exact) mass is 573 g/mol. The number of amides is 1. The van der Waals surface area contributed by atoms with Gasteiger partial charge in [0.15, 0.2) is 11.5 Å². The standard InChI is InChI=1S/C26H27N3O8S2/c1-28-19-9-6-16(12-24(19)38-26(28)31)27-25(30)15-29(20-13-17(34-2)7-10-21(20)35-3)39(32,33)18-8-11-22(36-4)23(14-18)37-5/h6-14H,15H2,1-5H3,(H,27,30). The van der Waals surface area contributed by atoms with Crippen LogP contribution >= 0.6 is 11.3 Å². The van der Waals surface area contributed by atoms with Gasteiger partial charge in [-0.15, -0.1) is 0 Å². The predicted molar refractivity (Wildman–Crippen MR) is 149 cm³/mol. The van der Waals surface area contributed by atoms with Crippen LogP contribution in [0.5, 0.6) is 23.0 Å². The van der Waals surface area contributed by atoms with Gasteiger partial charge in [-0.1, -0.05) is 11.3 Å². The van der Waals surface area contributed by atoms with Crippen LogP contribution in [0.4, 0.5) is 11.4 Å². The van der Waals surface area contributed by atoms with Gasteiger partial charge in [0.2, 0.25) is 5.91 Å². The summed E-state index contributed by atoms with van der Waals surface area (Å²) in [5, 5.41) is 2.73. The third kappa shape index (κ3) is 5.49. The number of benzene rings is 3. The summed E-state index contributed by atoms with van der Waals surface area (Å²) in [6.07, 6.45) is 0. The van der Waals surface area contributed by atoms with Crippen molar-refractivity contribution >= 4 is 48.9 Å². The number of aryl methyl sites for hydroxylation is 1. The molecule has 0 aliphatic rings. The molecule has 13 heteroatoms. The van der Waals surface area contributed by atoms with Crippen LogP contribution in [0, 0.1) is 0 Å². The number of thiazole rings is 1. The molecule has 0 radical (unpaired) electrons. The van der Waals surface area contributed by atoms with Crippen LogP contribution in [-0.2, 0) is 21.9 Å². The molecule has 1 aromatic heterocycles. The van der Waals surface area contributed by atoms with Crippen LogP contribution in [0.2, 0.25) is 0 Å². The first-order chi connectivity index (χ1) is 18.6. The number of rotatable bonds is 10. The van der Waals surface area contributed by atoms with E-state index in [1.54, 1.807) is 37.4 Å². The summed E-state index contributed by atoms with van der Waals surface area (Å²) in [6, 6.07) is 13.8. The Morgan fingerprint density at radius 2 is 1.59 bits per heavy atom. The largest absolute Gasteiger partial charge is 0.497 e. The lowest BCUT2D eigenvalue weighted by Crippen LogP contribution is -2.38. The van der Waals surface area contributed by atoms with E-state index in [0.29, 0.717) is 21.9 Å². The fourth-order valence-corrected chi connectivity index (χ4v) is 6.30. The average Bonchev–Trinajstić information content (AvgIpc) is 3.22. The Balaban J connectivity index is 1.76. The summed E-state index contributed by atoms with van der Waals surface area (Å²) in [6.45, 7) is -0.594. The number of methoxy groups -OCH3 is 4. The Morgan fingerprint density at radius 3 is 2.26 bits per heavy atom. The van der Waals surface area contributed by atoms with Gasteiger partial charge in [0.25, 0.3) is 10.0 Å². The number of nitrogens with zero attached hydrogens (tertiary/aromatic N) is 2. The molecule has 0 saturated heterocycles. The first kappa shape index (κ1) is 27.8. The topological polar surface area (TPSA) is 125 Å². The van der Waals surface area contributed by atoms with Crippen molar-refractivity contribution in [3.63, 3.8) is 0 Å². The van der Waals surface area contributed by atoms with E-state index in [-0.39, 0.29) is 27.0 Å². The highest BCUT2D eigenvalue weighted by Crippen LogP contribution is 2.37. The second kappa shape index (κ2) is 11.3. The van der Waals surface area contributed by atoms with Gasteiger partial charge in [0.05, 0.1) is 49.2 Å². The zero-order valence-corrected chi connectivity index (χ0v) is 23.5. The molecule has 4 aromatic rings. The highest BCUT2D eigenvalue weighted by molar-refractivity contribution is 7.92. The average molecular weight is 574 g/mol. The van der Waals surface area contributed by atoms with Crippen molar-refractivity contribution in [3.05, 3.63) is 64.3 Å². The zero-order valence-electron chi connectivity index (χ0n) is 21.9. The fraction of sp³-hybridized carbons (Fsp3) is 0.231. The summed E-state index contributed by atoms with van der Waals surface area (Å²) in [5.41, 5.74) is 1.23. The number of carbonyl (C=O) groups is 1. The minimum Gasteiger partial charge on any atom is -0.497 e. The van der Waals surface area contributed by atoms with E-state index in [9.17, 15) is 18.0 Å². The third-order valence-electron chi connectivity index (χ3n) is 5.96. The van der Waals surface area contributed by atoms with Crippen molar-refractivity contribution in [2.45, 2.75) is 4.90 Å². The highest BCUT2D eigenvalue weighted by Gasteiger charge is 2.31. The normalized spacial score (nSPS) is 11.2. The van der Waals surface area contributed by atoms with Crippen molar-refractivity contribution in [1.29, 1.82) is 0 Å². The molecule has 4 rings (SSSR count). The van der Waals surface area contributed by atoms with Crippen molar-refractivity contribution in [2.24, 2.45) is 7.05 Å². The lowest BCUT2D eigenvalue weighted by atomic mass is 10.2. The number of anilines is 2. The zero-order chi connectivity index (χ0) is 28.3.